The lowest BCUT2D eigenvalue weighted by Gasteiger charge is -2.36. The molecule has 0 spiro atoms. The number of carbonyl (C=O) groups is 2. The van der Waals surface area contributed by atoms with Crippen LogP contribution in [0.3, 0.4) is 0 Å². The largest absolute Gasteiger partial charge is 0.368 e. The predicted octanol–water partition coefficient (Wildman–Crippen LogP) is 2.14. The van der Waals surface area contributed by atoms with Crippen LogP contribution in [0.25, 0.3) is 0 Å². The summed E-state index contributed by atoms with van der Waals surface area (Å²) in [6.07, 6.45) is 0.134. The highest BCUT2D eigenvalue weighted by Crippen LogP contribution is 2.17. The molecule has 0 atom stereocenters. The molecule has 142 valence electrons. The van der Waals surface area contributed by atoms with E-state index in [1.54, 1.807) is 17.0 Å². The van der Waals surface area contributed by atoms with Crippen molar-refractivity contribution < 1.29 is 14.0 Å². The smallest absolute Gasteiger partial charge is 0.242 e. The van der Waals surface area contributed by atoms with Crippen molar-refractivity contribution >= 4 is 17.5 Å². The minimum Gasteiger partial charge on any atom is -0.368 e. The molecule has 0 aliphatic carbocycles. The minimum absolute atomic E-state index is 0.00945. The molecule has 0 radical (unpaired) electrons. The van der Waals surface area contributed by atoms with Gasteiger partial charge in [0.2, 0.25) is 11.8 Å². The molecule has 1 aliphatic rings. The van der Waals surface area contributed by atoms with Gasteiger partial charge in [-0.1, -0.05) is 24.3 Å². The SMILES string of the molecule is Cc1cccc(N2CCN(C(=O)CNC(=O)Cc3ccc(F)cc3)CC2)c1. The van der Waals surface area contributed by atoms with Gasteiger partial charge in [0.1, 0.15) is 5.82 Å². The number of hydrogen-bond acceptors (Lipinski definition) is 3. The van der Waals surface area contributed by atoms with Gasteiger partial charge in [0.25, 0.3) is 0 Å². The van der Waals surface area contributed by atoms with Gasteiger partial charge in [-0.15, -0.1) is 0 Å². The van der Waals surface area contributed by atoms with Crippen LogP contribution in [0, 0.1) is 12.7 Å². The van der Waals surface area contributed by atoms with Crippen molar-refractivity contribution in [3.8, 4) is 0 Å². The molecule has 0 saturated carbocycles. The third-order valence-electron chi connectivity index (χ3n) is 4.71. The van der Waals surface area contributed by atoms with Gasteiger partial charge >= 0.3 is 0 Å². The average molecular weight is 369 g/mol. The molecule has 2 amide bonds. The molecule has 3 rings (SSSR count). The molecular formula is C21H24FN3O2. The number of benzene rings is 2. The van der Waals surface area contributed by atoms with Gasteiger partial charge in [-0.3, -0.25) is 9.59 Å². The molecule has 1 fully saturated rings. The van der Waals surface area contributed by atoms with Crippen molar-refractivity contribution in [2.45, 2.75) is 13.3 Å². The second-order valence-electron chi connectivity index (χ2n) is 6.79. The van der Waals surface area contributed by atoms with Crippen molar-refractivity contribution in [2.24, 2.45) is 0 Å². The summed E-state index contributed by atoms with van der Waals surface area (Å²) in [7, 11) is 0. The third kappa shape index (κ3) is 5.29. The summed E-state index contributed by atoms with van der Waals surface area (Å²) < 4.78 is 12.9. The Morgan fingerprint density at radius 1 is 1.04 bits per heavy atom. The maximum Gasteiger partial charge on any atom is 0.242 e. The molecule has 1 heterocycles. The fourth-order valence-electron chi connectivity index (χ4n) is 3.17. The van der Waals surface area contributed by atoms with Gasteiger partial charge in [0, 0.05) is 31.9 Å². The van der Waals surface area contributed by atoms with Gasteiger partial charge in [-0.2, -0.15) is 0 Å². The van der Waals surface area contributed by atoms with E-state index in [9.17, 15) is 14.0 Å². The maximum absolute atomic E-state index is 12.9. The summed E-state index contributed by atoms with van der Waals surface area (Å²) in [4.78, 5) is 28.4. The van der Waals surface area contributed by atoms with E-state index < -0.39 is 0 Å². The number of hydrogen-bond donors (Lipinski definition) is 1. The minimum atomic E-state index is -0.334. The summed E-state index contributed by atoms with van der Waals surface area (Å²) in [5.74, 6) is -0.654. The second-order valence-corrected chi connectivity index (χ2v) is 6.79. The van der Waals surface area contributed by atoms with E-state index in [0.29, 0.717) is 18.7 Å². The zero-order chi connectivity index (χ0) is 19.2. The summed E-state index contributed by atoms with van der Waals surface area (Å²) in [6, 6.07) is 14.1. The molecular weight excluding hydrogens is 345 g/mol. The van der Waals surface area contributed by atoms with E-state index in [0.717, 1.165) is 13.1 Å². The van der Waals surface area contributed by atoms with Gasteiger partial charge < -0.3 is 15.1 Å². The zero-order valence-corrected chi connectivity index (χ0v) is 15.5. The highest BCUT2D eigenvalue weighted by Gasteiger charge is 2.21. The van der Waals surface area contributed by atoms with E-state index in [-0.39, 0.29) is 30.6 Å². The average Bonchev–Trinajstić information content (AvgIpc) is 2.68. The number of nitrogens with zero attached hydrogens (tertiary/aromatic N) is 2. The lowest BCUT2D eigenvalue weighted by molar-refractivity contribution is -0.133. The Balaban J connectivity index is 1.42. The fourth-order valence-corrected chi connectivity index (χ4v) is 3.17. The lowest BCUT2D eigenvalue weighted by Crippen LogP contribution is -2.51. The van der Waals surface area contributed by atoms with E-state index >= 15 is 0 Å². The molecule has 6 heteroatoms. The molecule has 2 aromatic rings. The summed E-state index contributed by atoms with van der Waals surface area (Å²) >= 11 is 0. The molecule has 2 aromatic carbocycles. The second kappa shape index (κ2) is 8.66. The molecule has 0 unspecified atom stereocenters. The van der Waals surface area contributed by atoms with Crippen molar-refractivity contribution in [3.05, 3.63) is 65.5 Å². The Bertz CT molecular complexity index is 799. The highest BCUT2D eigenvalue weighted by molar-refractivity contribution is 5.85. The summed E-state index contributed by atoms with van der Waals surface area (Å²) in [5, 5.41) is 2.66. The van der Waals surface area contributed by atoms with Crippen LogP contribution in [-0.2, 0) is 16.0 Å². The number of halogens is 1. The van der Waals surface area contributed by atoms with E-state index in [2.05, 4.69) is 35.3 Å². The van der Waals surface area contributed by atoms with Crippen LogP contribution in [-0.4, -0.2) is 49.4 Å². The zero-order valence-electron chi connectivity index (χ0n) is 15.5. The molecule has 0 aromatic heterocycles. The van der Waals surface area contributed by atoms with Crippen molar-refractivity contribution in [3.63, 3.8) is 0 Å². The standard InChI is InChI=1S/C21H24FN3O2/c1-16-3-2-4-19(13-16)24-9-11-25(12-10-24)21(27)15-23-20(26)14-17-5-7-18(22)8-6-17/h2-8,13H,9-12,14-15H2,1H3,(H,23,26). The molecule has 1 aliphatic heterocycles. The van der Waals surface area contributed by atoms with Crippen molar-refractivity contribution in [1.82, 2.24) is 10.2 Å². The number of rotatable bonds is 5. The number of carbonyl (C=O) groups excluding carboxylic acids is 2. The van der Waals surface area contributed by atoms with E-state index in [4.69, 9.17) is 0 Å². The Morgan fingerprint density at radius 2 is 1.74 bits per heavy atom. The Hall–Kier alpha value is -2.89. The van der Waals surface area contributed by atoms with Crippen LogP contribution < -0.4 is 10.2 Å². The lowest BCUT2D eigenvalue weighted by atomic mass is 10.1. The number of anilines is 1. The Labute approximate surface area is 158 Å². The van der Waals surface area contributed by atoms with E-state index in [1.165, 1.54) is 23.4 Å². The Kier molecular flexibility index (Phi) is 6.06. The maximum atomic E-state index is 12.9. The van der Waals surface area contributed by atoms with Crippen LogP contribution in [0.15, 0.2) is 48.5 Å². The van der Waals surface area contributed by atoms with E-state index in [1.807, 2.05) is 6.07 Å². The first-order valence-electron chi connectivity index (χ1n) is 9.12. The normalized spacial score (nSPS) is 14.1. The number of nitrogens with one attached hydrogen (secondary N) is 1. The Morgan fingerprint density at radius 3 is 2.41 bits per heavy atom. The quantitative estimate of drug-likeness (QED) is 0.879. The monoisotopic (exact) mass is 369 g/mol. The fraction of sp³-hybridized carbons (Fsp3) is 0.333. The number of aryl methyl sites for hydroxylation is 1. The molecule has 1 saturated heterocycles. The first-order chi connectivity index (χ1) is 13.0. The number of amides is 2. The van der Waals surface area contributed by atoms with Crippen molar-refractivity contribution in [1.29, 1.82) is 0 Å². The van der Waals surface area contributed by atoms with Crippen LogP contribution in [0.5, 0.6) is 0 Å². The first kappa shape index (κ1) is 18.9. The summed E-state index contributed by atoms with van der Waals surface area (Å²) in [5.41, 5.74) is 3.11. The van der Waals surface area contributed by atoms with Gasteiger partial charge in [0.15, 0.2) is 0 Å². The van der Waals surface area contributed by atoms with Crippen LogP contribution in [0.1, 0.15) is 11.1 Å². The molecule has 1 N–H and O–H groups in total. The molecule has 0 bridgehead atoms. The van der Waals surface area contributed by atoms with Crippen LogP contribution in [0.2, 0.25) is 0 Å². The van der Waals surface area contributed by atoms with Crippen molar-refractivity contribution in [2.75, 3.05) is 37.6 Å². The van der Waals surface area contributed by atoms with Gasteiger partial charge in [-0.05, 0) is 42.3 Å². The van der Waals surface area contributed by atoms with Crippen LogP contribution >= 0.6 is 0 Å². The van der Waals surface area contributed by atoms with Gasteiger partial charge in [-0.25, -0.2) is 4.39 Å². The summed E-state index contributed by atoms with van der Waals surface area (Å²) in [6.45, 7) is 4.89. The first-order valence-corrected chi connectivity index (χ1v) is 9.12. The molecule has 5 nitrogen and oxygen atoms in total. The topological polar surface area (TPSA) is 52.6 Å². The number of piperazine rings is 1. The van der Waals surface area contributed by atoms with Crippen LogP contribution in [0.4, 0.5) is 10.1 Å². The van der Waals surface area contributed by atoms with Gasteiger partial charge in [0.05, 0.1) is 13.0 Å². The third-order valence-corrected chi connectivity index (χ3v) is 4.71. The predicted molar refractivity (Wildman–Crippen MR) is 103 cm³/mol. The highest BCUT2D eigenvalue weighted by atomic mass is 19.1. The molecule has 27 heavy (non-hydrogen) atoms.